The molecule has 0 saturated carbocycles. The number of benzene rings is 1. The quantitative estimate of drug-likeness (QED) is 0.414. The molecule has 2 rings (SSSR count). The fourth-order valence-corrected chi connectivity index (χ4v) is 1.29. The number of nitrogens with zero attached hydrogens (tertiary/aromatic N) is 1. The lowest BCUT2D eigenvalue weighted by Gasteiger charge is -1.97. The van der Waals surface area contributed by atoms with Crippen LogP contribution in [0.5, 0.6) is 5.75 Å². The van der Waals surface area contributed by atoms with E-state index >= 15 is 0 Å². The summed E-state index contributed by atoms with van der Waals surface area (Å²) in [6.07, 6.45) is 2.35. The van der Waals surface area contributed by atoms with Gasteiger partial charge in [0.1, 0.15) is 12.4 Å². The van der Waals surface area contributed by atoms with Gasteiger partial charge in [0, 0.05) is 5.56 Å². The molecule has 0 bridgehead atoms. The molecule has 1 aromatic carbocycles. The van der Waals surface area contributed by atoms with Crippen molar-refractivity contribution in [3.05, 3.63) is 42.5 Å². The van der Waals surface area contributed by atoms with Crippen molar-refractivity contribution in [1.29, 1.82) is 0 Å². The van der Waals surface area contributed by atoms with E-state index in [1.54, 1.807) is 6.08 Å². The summed E-state index contributed by atoms with van der Waals surface area (Å²) in [5.41, 5.74) is 1.15. The topological polar surface area (TPSA) is 30.8 Å². The van der Waals surface area contributed by atoms with E-state index in [1.807, 2.05) is 24.3 Å². The predicted molar refractivity (Wildman–Crippen MR) is 54.4 cm³/mol. The molecule has 0 atom stereocenters. The highest BCUT2D eigenvalue weighted by atomic mass is 16.6. The minimum Gasteiger partial charge on any atom is -0.439 e. The maximum absolute atomic E-state index is 5.44. The van der Waals surface area contributed by atoms with Crippen molar-refractivity contribution in [1.82, 2.24) is 0 Å². The van der Waals surface area contributed by atoms with Crippen molar-refractivity contribution >= 4 is 5.90 Å². The normalized spacial score (nSPS) is 16.1. The first kappa shape index (κ1) is 8.81. The van der Waals surface area contributed by atoms with Crippen LogP contribution in [-0.2, 0) is 11.3 Å². The SMILES string of the molecule is C=CCON=C1Cc2ccccc2O1. The molecule has 0 radical (unpaired) electrons. The first-order valence-electron chi connectivity index (χ1n) is 4.45. The smallest absolute Gasteiger partial charge is 0.235 e. The highest BCUT2D eigenvalue weighted by Crippen LogP contribution is 2.25. The minimum absolute atomic E-state index is 0.406. The average Bonchev–Trinajstić information content (AvgIpc) is 2.60. The molecule has 3 heteroatoms. The van der Waals surface area contributed by atoms with E-state index in [4.69, 9.17) is 9.57 Å². The van der Waals surface area contributed by atoms with Gasteiger partial charge in [-0.2, -0.15) is 0 Å². The lowest BCUT2D eigenvalue weighted by Crippen LogP contribution is -2.03. The zero-order valence-electron chi connectivity index (χ0n) is 7.77. The van der Waals surface area contributed by atoms with Crippen molar-refractivity contribution < 1.29 is 9.57 Å². The summed E-state index contributed by atoms with van der Waals surface area (Å²) in [6, 6.07) is 7.86. The van der Waals surface area contributed by atoms with Gasteiger partial charge in [-0.1, -0.05) is 36.0 Å². The molecule has 14 heavy (non-hydrogen) atoms. The van der Waals surface area contributed by atoms with E-state index in [0.717, 1.165) is 11.3 Å². The third-order valence-electron chi connectivity index (χ3n) is 1.90. The molecule has 0 fully saturated rings. The van der Waals surface area contributed by atoms with Crippen LogP contribution in [0.4, 0.5) is 0 Å². The Morgan fingerprint density at radius 3 is 3.14 bits per heavy atom. The summed E-state index contributed by atoms with van der Waals surface area (Å²) in [4.78, 5) is 4.94. The average molecular weight is 189 g/mol. The molecule has 3 nitrogen and oxygen atoms in total. The number of para-hydroxylation sites is 1. The van der Waals surface area contributed by atoms with Crippen molar-refractivity contribution in [2.24, 2.45) is 5.16 Å². The third-order valence-corrected chi connectivity index (χ3v) is 1.90. The van der Waals surface area contributed by atoms with E-state index in [2.05, 4.69) is 11.7 Å². The number of ether oxygens (including phenoxy) is 1. The van der Waals surface area contributed by atoms with Crippen molar-refractivity contribution in [3.8, 4) is 5.75 Å². The van der Waals surface area contributed by atoms with Gasteiger partial charge in [0.2, 0.25) is 5.90 Å². The van der Waals surface area contributed by atoms with Gasteiger partial charge in [-0.05, 0) is 6.07 Å². The second-order valence-electron chi connectivity index (χ2n) is 2.96. The molecule has 0 unspecified atom stereocenters. The number of hydrogen-bond donors (Lipinski definition) is 0. The molecule has 1 aromatic rings. The highest BCUT2D eigenvalue weighted by Gasteiger charge is 2.17. The van der Waals surface area contributed by atoms with Crippen LogP contribution in [0, 0.1) is 0 Å². The Balaban J connectivity index is 2.04. The highest BCUT2D eigenvalue weighted by molar-refractivity contribution is 5.85. The lowest BCUT2D eigenvalue weighted by atomic mass is 10.2. The number of hydrogen-bond acceptors (Lipinski definition) is 3. The largest absolute Gasteiger partial charge is 0.439 e. The van der Waals surface area contributed by atoms with Crippen LogP contribution in [0.2, 0.25) is 0 Å². The van der Waals surface area contributed by atoms with E-state index in [-0.39, 0.29) is 0 Å². The van der Waals surface area contributed by atoms with Crippen LogP contribution in [0.25, 0.3) is 0 Å². The van der Waals surface area contributed by atoms with E-state index < -0.39 is 0 Å². The van der Waals surface area contributed by atoms with Crippen LogP contribution >= 0.6 is 0 Å². The molecule has 0 aliphatic carbocycles. The van der Waals surface area contributed by atoms with Gasteiger partial charge in [-0.15, -0.1) is 0 Å². The zero-order chi connectivity index (χ0) is 9.80. The maximum atomic E-state index is 5.44. The molecule has 1 heterocycles. The Morgan fingerprint density at radius 2 is 2.36 bits per heavy atom. The van der Waals surface area contributed by atoms with E-state index in [0.29, 0.717) is 18.9 Å². The molecule has 72 valence electrons. The van der Waals surface area contributed by atoms with Crippen LogP contribution in [0.1, 0.15) is 5.56 Å². The Hall–Kier alpha value is -1.77. The first-order chi connectivity index (χ1) is 6.90. The van der Waals surface area contributed by atoms with Gasteiger partial charge in [0.15, 0.2) is 0 Å². The molecule has 0 spiro atoms. The van der Waals surface area contributed by atoms with Crippen LogP contribution in [0.15, 0.2) is 42.1 Å². The van der Waals surface area contributed by atoms with Gasteiger partial charge < -0.3 is 9.57 Å². The van der Waals surface area contributed by atoms with E-state index in [9.17, 15) is 0 Å². The van der Waals surface area contributed by atoms with Crippen molar-refractivity contribution in [2.75, 3.05) is 6.61 Å². The molecule has 0 amide bonds. The molecule has 0 N–H and O–H groups in total. The van der Waals surface area contributed by atoms with Crippen molar-refractivity contribution in [3.63, 3.8) is 0 Å². The summed E-state index contributed by atoms with van der Waals surface area (Å²) in [5, 5.41) is 3.85. The first-order valence-corrected chi connectivity index (χ1v) is 4.45. The third kappa shape index (κ3) is 1.76. The molecule has 1 aliphatic heterocycles. The molecule has 0 aromatic heterocycles. The Morgan fingerprint density at radius 1 is 1.50 bits per heavy atom. The minimum atomic E-state index is 0.406. The standard InChI is InChI=1S/C11H11NO2/c1-2-7-13-12-11-8-9-5-3-4-6-10(9)14-11/h2-6H,1,7-8H2. The molecular formula is C11H11NO2. The summed E-state index contributed by atoms with van der Waals surface area (Å²) in [5.74, 6) is 1.47. The summed E-state index contributed by atoms with van der Waals surface area (Å²) >= 11 is 0. The van der Waals surface area contributed by atoms with Gasteiger partial charge in [0.25, 0.3) is 0 Å². The zero-order valence-corrected chi connectivity index (χ0v) is 7.77. The fourth-order valence-electron chi connectivity index (χ4n) is 1.29. The van der Waals surface area contributed by atoms with Gasteiger partial charge in [-0.3, -0.25) is 0 Å². The lowest BCUT2D eigenvalue weighted by molar-refractivity contribution is 0.168. The maximum Gasteiger partial charge on any atom is 0.235 e. The Bertz CT molecular complexity index is 344. The summed E-state index contributed by atoms with van der Waals surface area (Å²) in [6.45, 7) is 3.94. The molecule has 0 saturated heterocycles. The monoisotopic (exact) mass is 189 g/mol. The fraction of sp³-hybridized carbons (Fsp3) is 0.182. The Kier molecular flexibility index (Phi) is 2.49. The summed E-state index contributed by atoms with van der Waals surface area (Å²) in [7, 11) is 0. The Labute approximate surface area is 82.6 Å². The van der Waals surface area contributed by atoms with Crippen LogP contribution < -0.4 is 4.74 Å². The number of fused-ring (bicyclic) bond motifs is 1. The summed E-state index contributed by atoms with van der Waals surface area (Å²) < 4.78 is 5.44. The predicted octanol–water partition coefficient (Wildman–Crippen LogP) is 2.14. The van der Waals surface area contributed by atoms with Gasteiger partial charge in [0.05, 0.1) is 6.42 Å². The van der Waals surface area contributed by atoms with Gasteiger partial charge >= 0.3 is 0 Å². The van der Waals surface area contributed by atoms with E-state index in [1.165, 1.54) is 0 Å². The van der Waals surface area contributed by atoms with Gasteiger partial charge in [-0.25, -0.2) is 0 Å². The van der Waals surface area contributed by atoms with Crippen LogP contribution in [-0.4, -0.2) is 12.5 Å². The second kappa shape index (κ2) is 3.96. The van der Waals surface area contributed by atoms with Crippen molar-refractivity contribution in [2.45, 2.75) is 6.42 Å². The molecule has 1 aliphatic rings. The number of oxime groups is 1. The molecular weight excluding hydrogens is 178 g/mol. The second-order valence-corrected chi connectivity index (χ2v) is 2.96. The van der Waals surface area contributed by atoms with Crippen LogP contribution in [0.3, 0.4) is 0 Å². The number of rotatable bonds is 3.